The first-order valence-corrected chi connectivity index (χ1v) is 7.12. The standard InChI is InChI=1S/C14H19N5O2/c1-3-4-8-7(2)9(5-10(8)20)19-6-16-11-12(19)17-14(15)18-13(11)21/h6,8-10,20H,2-5H2,1H3,(H3,15,17,18,21). The number of fused-ring (bicyclic) bond motifs is 1. The molecule has 0 amide bonds. The summed E-state index contributed by atoms with van der Waals surface area (Å²) in [5, 5.41) is 10.2. The van der Waals surface area contributed by atoms with E-state index in [9.17, 15) is 9.90 Å². The molecular formula is C14H19N5O2. The highest BCUT2D eigenvalue weighted by Crippen LogP contribution is 2.42. The second-order valence-electron chi connectivity index (χ2n) is 5.56. The largest absolute Gasteiger partial charge is 0.392 e. The molecule has 7 nitrogen and oxygen atoms in total. The predicted molar refractivity (Wildman–Crippen MR) is 79.8 cm³/mol. The van der Waals surface area contributed by atoms with Crippen LogP contribution >= 0.6 is 0 Å². The topological polar surface area (TPSA) is 110 Å². The third-order valence-corrected chi connectivity index (χ3v) is 4.22. The SMILES string of the molecule is C=C1C(CCC)C(O)CC1n1cnc2c(=O)[nH]c(N)nc21. The maximum Gasteiger partial charge on any atom is 0.280 e. The van der Waals surface area contributed by atoms with Crippen molar-refractivity contribution in [3.63, 3.8) is 0 Å². The monoisotopic (exact) mass is 289 g/mol. The van der Waals surface area contributed by atoms with Gasteiger partial charge in [0.25, 0.3) is 5.56 Å². The minimum Gasteiger partial charge on any atom is -0.392 e. The number of aliphatic hydroxyl groups excluding tert-OH is 1. The van der Waals surface area contributed by atoms with Crippen molar-refractivity contribution < 1.29 is 5.11 Å². The van der Waals surface area contributed by atoms with Crippen LogP contribution < -0.4 is 11.3 Å². The Bertz CT molecular complexity index is 747. The van der Waals surface area contributed by atoms with Crippen LogP contribution in [0.15, 0.2) is 23.3 Å². The third kappa shape index (κ3) is 2.13. The van der Waals surface area contributed by atoms with E-state index in [4.69, 9.17) is 5.73 Å². The van der Waals surface area contributed by atoms with E-state index in [1.54, 1.807) is 10.9 Å². The van der Waals surface area contributed by atoms with Gasteiger partial charge in [0.15, 0.2) is 11.2 Å². The Hall–Kier alpha value is -2.15. The molecule has 1 fully saturated rings. The molecule has 21 heavy (non-hydrogen) atoms. The van der Waals surface area contributed by atoms with Crippen molar-refractivity contribution in [2.75, 3.05) is 5.73 Å². The van der Waals surface area contributed by atoms with Gasteiger partial charge in [-0.2, -0.15) is 4.98 Å². The zero-order valence-electron chi connectivity index (χ0n) is 11.9. The summed E-state index contributed by atoms with van der Waals surface area (Å²) in [6.07, 6.45) is 3.61. The van der Waals surface area contributed by atoms with E-state index in [2.05, 4.69) is 28.5 Å². The Kier molecular flexibility index (Phi) is 3.29. The maximum atomic E-state index is 11.8. The lowest BCUT2D eigenvalue weighted by Gasteiger charge is -2.16. The summed E-state index contributed by atoms with van der Waals surface area (Å²) in [6, 6.07) is -0.102. The number of H-pyrrole nitrogens is 1. The van der Waals surface area contributed by atoms with Crippen LogP contribution in [0, 0.1) is 5.92 Å². The summed E-state index contributed by atoms with van der Waals surface area (Å²) >= 11 is 0. The quantitative estimate of drug-likeness (QED) is 0.730. The summed E-state index contributed by atoms with van der Waals surface area (Å²) < 4.78 is 1.79. The Morgan fingerprint density at radius 1 is 1.62 bits per heavy atom. The van der Waals surface area contributed by atoms with Crippen LogP contribution in [-0.2, 0) is 0 Å². The molecule has 1 saturated carbocycles. The number of aromatic amines is 1. The van der Waals surface area contributed by atoms with Crippen LogP contribution in [0.25, 0.3) is 11.2 Å². The van der Waals surface area contributed by atoms with Crippen LogP contribution in [0.5, 0.6) is 0 Å². The van der Waals surface area contributed by atoms with Crippen LogP contribution in [0.4, 0.5) is 5.95 Å². The highest BCUT2D eigenvalue weighted by Gasteiger charge is 2.37. The van der Waals surface area contributed by atoms with Crippen molar-refractivity contribution in [3.05, 3.63) is 28.8 Å². The molecule has 7 heteroatoms. The molecule has 3 unspecified atom stereocenters. The number of aromatic nitrogens is 4. The van der Waals surface area contributed by atoms with Crippen molar-refractivity contribution in [1.82, 2.24) is 19.5 Å². The fourth-order valence-corrected chi connectivity index (χ4v) is 3.19. The summed E-state index contributed by atoms with van der Waals surface area (Å²) in [7, 11) is 0. The number of nitrogens with two attached hydrogens (primary N) is 1. The van der Waals surface area contributed by atoms with Gasteiger partial charge in [0, 0.05) is 5.92 Å². The summed E-state index contributed by atoms with van der Waals surface area (Å²) in [5.41, 5.74) is 6.91. The first-order valence-electron chi connectivity index (χ1n) is 7.12. The molecule has 0 saturated heterocycles. The van der Waals surface area contributed by atoms with Gasteiger partial charge in [-0.05, 0) is 18.4 Å². The fourth-order valence-electron chi connectivity index (χ4n) is 3.19. The normalized spacial score (nSPS) is 25.8. The number of hydrogen-bond acceptors (Lipinski definition) is 5. The Labute approximate surface area is 121 Å². The molecule has 1 aliphatic rings. The minimum absolute atomic E-state index is 0.0588. The van der Waals surface area contributed by atoms with Gasteiger partial charge >= 0.3 is 0 Å². The molecule has 3 atom stereocenters. The second kappa shape index (κ2) is 5.00. The molecule has 0 radical (unpaired) electrons. The molecule has 4 N–H and O–H groups in total. The zero-order valence-corrected chi connectivity index (χ0v) is 11.9. The van der Waals surface area contributed by atoms with Gasteiger partial charge in [0.05, 0.1) is 18.5 Å². The first kappa shape index (κ1) is 13.8. The minimum atomic E-state index is -0.417. The summed E-state index contributed by atoms with van der Waals surface area (Å²) in [6.45, 7) is 6.23. The van der Waals surface area contributed by atoms with E-state index in [0.29, 0.717) is 12.1 Å². The van der Waals surface area contributed by atoms with Gasteiger partial charge in [0.2, 0.25) is 5.95 Å². The molecule has 0 bridgehead atoms. The Balaban J connectivity index is 2.06. The van der Waals surface area contributed by atoms with Crippen molar-refractivity contribution >= 4 is 17.1 Å². The highest BCUT2D eigenvalue weighted by molar-refractivity contribution is 5.70. The van der Waals surface area contributed by atoms with Crippen molar-refractivity contribution in [2.45, 2.75) is 38.3 Å². The number of rotatable bonds is 3. The van der Waals surface area contributed by atoms with E-state index in [-0.39, 0.29) is 29.0 Å². The lowest BCUT2D eigenvalue weighted by atomic mass is 9.96. The average molecular weight is 289 g/mol. The van der Waals surface area contributed by atoms with E-state index in [1.165, 1.54) is 0 Å². The van der Waals surface area contributed by atoms with Gasteiger partial charge < -0.3 is 15.4 Å². The van der Waals surface area contributed by atoms with Crippen LogP contribution in [0.2, 0.25) is 0 Å². The van der Waals surface area contributed by atoms with Crippen LogP contribution in [0.1, 0.15) is 32.2 Å². The van der Waals surface area contributed by atoms with Gasteiger partial charge in [-0.25, -0.2) is 4.98 Å². The number of imidazole rings is 1. The first-order chi connectivity index (χ1) is 10.0. The molecule has 0 spiro atoms. The maximum absolute atomic E-state index is 11.8. The van der Waals surface area contributed by atoms with E-state index in [0.717, 1.165) is 18.4 Å². The molecule has 0 aliphatic heterocycles. The predicted octanol–water partition coefficient (Wildman–Crippen LogP) is 0.980. The number of nitrogens with one attached hydrogen (secondary N) is 1. The lowest BCUT2D eigenvalue weighted by Crippen LogP contribution is -2.14. The number of aliphatic hydroxyl groups is 1. The van der Waals surface area contributed by atoms with Crippen molar-refractivity contribution in [2.24, 2.45) is 5.92 Å². The molecule has 2 aromatic heterocycles. The van der Waals surface area contributed by atoms with E-state index >= 15 is 0 Å². The Morgan fingerprint density at radius 3 is 3.10 bits per heavy atom. The number of hydrogen-bond donors (Lipinski definition) is 3. The average Bonchev–Trinajstić information content (AvgIpc) is 2.95. The van der Waals surface area contributed by atoms with Gasteiger partial charge in [-0.3, -0.25) is 9.78 Å². The van der Waals surface area contributed by atoms with E-state index < -0.39 is 6.10 Å². The van der Waals surface area contributed by atoms with Gasteiger partial charge in [-0.1, -0.05) is 19.9 Å². The zero-order chi connectivity index (χ0) is 15.1. The molecule has 0 aromatic carbocycles. The molecule has 112 valence electrons. The van der Waals surface area contributed by atoms with Crippen LogP contribution in [0.3, 0.4) is 0 Å². The number of nitrogen functional groups attached to an aromatic ring is 1. The van der Waals surface area contributed by atoms with Crippen LogP contribution in [-0.4, -0.2) is 30.7 Å². The van der Waals surface area contributed by atoms with Crippen molar-refractivity contribution in [3.8, 4) is 0 Å². The molecule has 3 rings (SSSR count). The highest BCUT2D eigenvalue weighted by atomic mass is 16.3. The van der Waals surface area contributed by atoms with Crippen molar-refractivity contribution in [1.29, 1.82) is 0 Å². The number of nitrogens with zero attached hydrogens (tertiary/aromatic N) is 3. The Morgan fingerprint density at radius 2 is 2.38 bits per heavy atom. The summed E-state index contributed by atoms with van der Waals surface area (Å²) in [5.74, 6) is 0.139. The lowest BCUT2D eigenvalue weighted by molar-refractivity contribution is 0.133. The smallest absolute Gasteiger partial charge is 0.280 e. The second-order valence-corrected chi connectivity index (χ2v) is 5.56. The molecular weight excluding hydrogens is 270 g/mol. The number of anilines is 1. The van der Waals surface area contributed by atoms with Gasteiger partial charge in [0.1, 0.15) is 0 Å². The fraction of sp³-hybridized carbons (Fsp3) is 0.500. The molecule has 2 aromatic rings. The third-order valence-electron chi connectivity index (χ3n) is 4.22. The molecule has 1 aliphatic carbocycles. The van der Waals surface area contributed by atoms with E-state index in [1.807, 2.05) is 0 Å². The molecule has 2 heterocycles. The summed E-state index contributed by atoms with van der Waals surface area (Å²) in [4.78, 5) is 22.5. The van der Waals surface area contributed by atoms with Gasteiger partial charge in [-0.15, -0.1) is 0 Å².